The molecule has 1 aliphatic rings. The second-order valence-corrected chi connectivity index (χ2v) is 6.11. The van der Waals surface area contributed by atoms with Crippen LogP contribution in [0.15, 0.2) is 29.9 Å². The molecule has 1 saturated heterocycles. The first-order valence-electron chi connectivity index (χ1n) is 7.45. The van der Waals surface area contributed by atoms with Crippen LogP contribution in [0.25, 0.3) is 0 Å². The predicted molar refractivity (Wildman–Crippen MR) is 88.3 cm³/mol. The van der Waals surface area contributed by atoms with Gasteiger partial charge in [0.25, 0.3) is 0 Å². The van der Waals surface area contributed by atoms with Gasteiger partial charge < -0.3 is 10.2 Å². The van der Waals surface area contributed by atoms with E-state index < -0.39 is 0 Å². The lowest BCUT2D eigenvalue weighted by molar-refractivity contribution is 0.251. The summed E-state index contributed by atoms with van der Waals surface area (Å²) in [5, 5.41) is 7.90. The Balaban J connectivity index is 1.49. The fourth-order valence-corrected chi connectivity index (χ4v) is 2.96. The van der Waals surface area contributed by atoms with Gasteiger partial charge in [0.2, 0.25) is 0 Å². The van der Waals surface area contributed by atoms with Crippen molar-refractivity contribution in [2.45, 2.75) is 25.8 Å². The average Bonchev–Trinajstić information content (AvgIpc) is 3.07. The largest absolute Gasteiger partial charge is 0.357 e. The van der Waals surface area contributed by atoms with Gasteiger partial charge in [0.1, 0.15) is 5.82 Å². The monoisotopic (exact) mass is 317 g/mol. The van der Waals surface area contributed by atoms with Gasteiger partial charge in [-0.25, -0.2) is 14.8 Å². The number of carbonyl (C=O) groups is 1. The third-order valence-corrected chi connectivity index (χ3v) is 4.28. The highest BCUT2D eigenvalue weighted by molar-refractivity contribution is 7.13. The van der Waals surface area contributed by atoms with Gasteiger partial charge in [-0.15, -0.1) is 11.3 Å². The van der Waals surface area contributed by atoms with Gasteiger partial charge >= 0.3 is 6.03 Å². The van der Waals surface area contributed by atoms with Gasteiger partial charge in [0.05, 0.1) is 0 Å². The van der Waals surface area contributed by atoms with Crippen LogP contribution in [-0.2, 0) is 6.54 Å². The van der Waals surface area contributed by atoms with Crippen molar-refractivity contribution < 1.29 is 4.79 Å². The normalized spacial score (nSPS) is 14.6. The maximum Gasteiger partial charge on any atom is 0.321 e. The Morgan fingerprint density at radius 2 is 2.09 bits per heavy atom. The number of pyridine rings is 1. The Kier molecular flexibility index (Phi) is 4.85. The van der Waals surface area contributed by atoms with E-state index in [-0.39, 0.29) is 6.03 Å². The van der Waals surface area contributed by atoms with Crippen LogP contribution in [0, 0.1) is 0 Å². The molecule has 0 spiro atoms. The number of piperidine rings is 1. The first-order chi connectivity index (χ1) is 10.8. The number of anilines is 2. The van der Waals surface area contributed by atoms with E-state index in [1.54, 1.807) is 6.20 Å². The number of hydrogen-bond donors (Lipinski definition) is 2. The zero-order valence-corrected chi connectivity index (χ0v) is 13.1. The minimum absolute atomic E-state index is 0.255. The maximum atomic E-state index is 11.7. The molecule has 1 fully saturated rings. The van der Waals surface area contributed by atoms with E-state index in [2.05, 4.69) is 25.5 Å². The van der Waals surface area contributed by atoms with Gasteiger partial charge in [-0.1, -0.05) is 6.07 Å². The molecule has 2 amide bonds. The van der Waals surface area contributed by atoms with Gasteiger partial charge in [-0.3, -0.25) is 5.32 Å². The van der Waals surface area contributed by atoms with E-state index in [1.165, 1.54) is 30.6 Å². The molecule has 22 heavy (non-hydrogen) atoms. The number of thiazole rings is 1. The molecule has 0 saturated carbocycles. The molecule has 2 N–H and O–H groups in total. The number of amides is 2. The van der Waals surface area contributed by atoms with E-state index in [0.29, 0.717) is 11.7 Å². The smallest absolute Gasteiger partial charge is 0.321 e. The lowest BCUT2D eigenvalue weighted by atomic mass is 10.1. The summed E-state index contributed by atoms with van der Waals surface area (Å²) in [6.07, 6.45) is 7.27. The van der Waals surface area contributed by atoms with Crippen molar-refractivity contribution in [3.63, 3.8) is 0 Å². The molecule has 0 aliphatic carbocycles. The van der Waals surface area contributed by atoms with Crippen molar-refractivity contribution in [3.8, 4) is 0 Å². The summed E-state index contributed by atoms with van der Waals surface area (Å²) in [6, 6.07) is 3.79. The topological polar surface area (TPSA) is 70.2 Å². The number of rotatable bonds is 4. The van der Waals surface area contributed by atoms with Crippen LogP contribution in [0.3, 0.4) is 0 Å². The molecule has 0 atom stereocenters. The van der Waals surface area contributed by atoms with E-state index in [4.69, 9.17) is 0 Å². The third-order valence-electron chi connectivity index (χ3n) is 3.60. The summed E-state index contributed by atoms with van der Waals surface area (Å²) in [6.45, 7) is 2.62. The highest BCUT2D eigenvalue weighted by Crippen LogP contribution is 2.17. The number of nitrogens with one attached hydrogen (secondary N) is 2. The van der Waals surface area contributed by atoms with Crippen molar-refractivity contribution >= 4 is 28.3 Å². The summed E-state index contributed by atoms with van der Waals surface area (Å²) >= 11 is 1.39. The highest BCUT2D eigenvalue weighted by Gasteiger charge is 2.11. The minimum atomic E-state index is -0.255. The van der Waals surface area contributed by atoms with E-state index >= 15 is 0 Å². The van der Waals surface area contributed by atoms with Crippen molar-refractivity contribution in [1.82, 2.24) is 15.3 Å². The minimum Gasteiger partial charge on any atom is -0.357 e. The summed E-state index contributed by atoms with van der Waals surface area (Å²) in [5.74, 6) is 1.02. The number of aromatic nitrogens is 2. The molecule has 2 aromatic heterocycles. The van der Waals surface area contributed by atoms with E-state index in [1.807, 2.05) is 23.7 Å². The molecule has 7 heteroatoms. The molecule has 1 aliphatic heterocycles. The summed E-state index contributed by atoms with van der Waals surface area (Å²) in [7, 11) is 0. The van der Waals surface area contributed by atoms with Crippen LogP contribution in [0.1, 0.15) is 24.8 Å². The molecular formula is C15H19N5OS. The van der Waals surface area contributed by atoms with Crippen LogP contribution < -0.4 is 15.5 Å². The second-order valence-electron chi connectivity index (χ2n) is 5.22. The molecule has 3 heterocycles. The number of urea groups is 1. The van der Waals surface area contributed by atoms with Gasteiger partial charge in [0.15, 0.2) is 5.13 Å². The molecule has 0 unspecified atom stereocenters. The van der Waals surface area contributed by atoms with Crippen LogP contribution >= 0.6 is 11.3 Å². The second kappa shape index (κ2) is 7.22. The third kappa shape index (κ3) is 3.94. The molecule has 2 aromatic rings. The predicted octanol–water partition coefficient (Wildman–Crippen LogP) is 2.85. The lowest BCUT2D eigenvalue weighted by Crippen LogP contribution is -2.30. The van der Waals surface area contributed by atoms with Crippen LogP contribution in [0.5, 0.6) is 0 Å². The SMILES string of the molecule is O=C(NCc1ccc(N2CCCCC2)nc1)Nc1nccs1. The van der Waals surface area contributed by atoms with Crippen molar-refractivity contribution in [2.75, 3.05) is 23.3 Å². The Bertz CT molecular complexity index is 593. The van der Waals surface area contributed by atoms with Gasteiger partial charge in [-0.05, 0) is 30.9 Å². The Morgan fingerprint density at radius 1 is 1.23 bits per heavy atom. The van der Waals surface area contributed by atoms with Crippen molar-refractivity contribution in [2.24, 2.45) is 0 Å². The molecule has 3 rings (SSSR count). The zero-order chi connectivity index (χ0) is 15.2. The highest BCUT2D eigenvalue weighted by atomic mass is 32.1. The maximum absolute atomic E-state index is 11.7. The Labute approximate surface area is 133 Å². The molecule has 0 bridgehead atoms. The quantitative estimate of drug-likeness (QED) is 0.910. The Morgan fingerprint density at radius 3 is 2.77 bits per heavy atom. The Hall–Kier alpha value is -2.15. The fourth-order valence-electron chi connectivity index (χ4n) is 2.44. The number of nitrogens with zero attached hydrogens (tertiary/aromatic N) is 3. The molecule has 0 radical (unpaired) electrons. The van der Waals surface area contributed by atoms with Crippen molar-refractivity contribution in [3.05, 3.63) is 35.5 Å². The zero-order valence-electron chi connectivity index (χ0n) is 12.3. The standard InChI is InChI=1S/C15H19N5OS/c21-14(19-15-16-6-9-22-15)18-11-12-4-5-13(17-10-12)20-7-2-1-3-8-20/h4-6,9-10H,1-3,7-8,11H2,(H2,16,18,19,21). The van der Waals surface area contributed by atoms with E-state index in [9.17, 15) is 4.79 Å². The molecule has 116 valence electrons. The van der Waals surface area contributed by atoms with Crippen LogP contribution in [0.4, 0.5) is 15.7 Å². The lowest BCUT2D eigenvalue weighted by Gasteiger charge is -2.27. The average molecular weight is 317 g/mol. The first kappa shape index (κ1) is 14.8. The van der Waals surface area contributed by atoms with Crippen molar-refractivity contribution in [1.29, 1.82) is 0 Å². The number of hydrogen-bond acceptors (Lipinski definition) is 5. The molecule has 0 aromatic carbocycles. The summed E-state index contributed by atoms with van der Waals surface area (Å²) in [4.78, 5) is 22.5. The van der Waals surface area contributed by atoms with Gasteiger partial charge in [0, 0.05) is 37.4 Å². The molecule has 6 nitrogen and oxygen atoms in total. The molecular weight excluding hydrogens is 298 g/mol. The van der Waals surface area contributed by atoms with Gasteiger partial charge in [-0.2, -0.15) is 0 Å². The first-order valence-corrected chi connectivity index (χ1v) is 8.33. The number of carbonyl (C=O) groups excluding carboxylic acids is 1. The fraction of sp³-hybridized carbons (Fsp3) is 0.400. The van der Waals surface area contributed by atoms with E-state index in [0.717, 1.165) is 24.5 Å². The summed E-state index contributed by atoms with van der Waals surface area (Å²) in [5.41, 5.74) is 0.982. The van der Waals surface area contributed by atoms with Crippen LogP contribution in [-0.4, -0.2) is 29.1 Å². The van der Waals surface area contributed by atoms with Crippen LogP contribution in [0.2, 0.25) is 0 Å². The summed E-state index contributed by atoms with van der Waals surface area (Å²) < 4.78 is 0.